The lowest BCUT2D eigenvalue weighted by atomic mass is 9.98. The number of hydrogen-bond acceptors (Lipinski definition) is 6. The molecule has 1 aromatic heterocycles. The van der Waals surface area contributed by atoms with Gasteiger partial charge < -0.3 is 15.4 Å². The van der Waals surface area contributed by atoms with Crippen molar-refractivity contribution in [3.63, 3.8) is 0 Å². The first-order chi connectivity index (χ1) is 16.0. The van der Waals surface area contributed by atoms with Gasteiger partial charge in [-0.25, -0.2) is 4.79 Å². The zero-order valence-electron chi connectivity index (χ0n) is 18.4. The molecule has 2 aromatic carbocycles. The van der Waals surface area contributed by atoms with Crippen molar-refractivity contribution in [2.75, 3.05) is 24.4 Å². The molecule has 1 unspecified atom stereocenters. The van der Waals surface area contributed by atoms with Crippen LogP contribution in [0.2, 0.25) is 0 Å². The maximum Gasteiger partial charge on any atom is 0.328 e. The van der Waals surface area contributed by atoms with Crippen molar-refractivity contribution in [2.45, 2.75) is 12.5 Å². The van der Waals surface area contributed by atoms with Crippen LogP contribution < -0.4 is 10.6 Å². The largest absolute Gasteiger partial charge is 0.467 e. The summed E-state index contributed by atoms with van der Waals surface area (Å²) in [6, 6.07) is 17.0. The number of benzene rings is 2. The van der Waals surface area contributed by atoms with E-state index < -0.39 is 17.9 Å². The molecule has 0 saturated heterocycles. The minimum atomic E-state index is -0.747. The third kappa shape index (κ3) is 6.43. The van der Waals surface area contributed by atoms with Gasteiger partial charge in [-0.2, -0.15) is 11.8 Å². The number of hydrogen-bond donors (Lipinski definition) is 2. The van der Waals surface area contributed by atoms with E-state index in [9.17, 15) is 14.4 Å². The number of aromatic nitrogens is 1. The summed E-state index contributed by atoms with van der Waals surface area (Å²) in [5, 5.41) is 5.64. The highest BCUT2D eigenvalue weighted by atomic mass is 32.2. The van der Waals surface area contributed by atoms with Crippen LogP contribution in [0, 0.1) is 0 Å². The first kappa shape index (κ1) is 24.0. The summed E-state index contributed by atoms with van der Waals surface area (Å²) >= 11 is 1.58. The number of nitrogens with one attached hydrogen (secondary N) is 2. The molecule has 3 rings (SSSR count). The van der Waals surface area contributed by atoms with E-state index in [4.69, 9.17) is 4.74 Å². The Morgan fingerprint density at radius 2 is 1.82 bits per heavy atom. The van der Waals surface area contributed by atoms with Crippen molar-refractivity contribution in [1.29, 1.82) is 0 Å². The number of amides is 2. The molecule has 0 radical (unpaired) electrons. The molecule has 0 saturated carbocycles. The lowest BCUT2D eigenvalue weighted by molar-refractivity contribution is -0.142. The number of thioether (sulfide) groups is 1. The maximum absolute atomic E-state index is 13.2. The normalized spacial score (nSPS) is 11.3. The van der Waals surface area contributed by atoms with E-state index in [1.807, 2.05) is 36.6 Å². The molecule has 8 heteroatoms. The van der Waals surface area contributed by atoms with E-state index in [1.165, 1.54) is 13.3 Å². The molecule has 33 heavy (non-hydrogen) atoms. The first-order valence-electron chi connectivity index (χ1n) is 10.3. The van der Waals surface area contributed by atoms with Crippen LogP contribution in [0.1, 0.15) is 27.1 Å². The molecule has 0 aliphatic carbocycles. The van der Waals surface area contributed by atoms with Crippen molar-refractivity contribution in [1.82, 2.24) is 10.3 Å². The van der Waals surface area contributed by atoms with Crippen molar-refractivity contribution in [2.24, 2.45) is 0 Å². The van der Waals surface area contributed by atoms with E-state index in [0.29, 0.717) is 34.6 Å². The minimum absolute atomic E-state index is 0.304. The number of esters is 1. The highest BCUT2D eigenvalue weighted by Crippen LogP contribution is 2.27. The van der Waals surface area contributed by atoms with Gasteiger partial charge in [-0.05, 0) is 59.9 Å². The van der Waals surface area contributed by atoms with E-state index >= 15 is 0 Å². The van der Waals surface area contributed by atoms with Gasteiger partial charge in [0.05, 0.1) is 12.7 Å². The van der Waals surface area contributed by atoms with Gasteiger partial charge in [-0.15, -0.1) is 0 Å². The Kier molecular flexibility index (Phi) is 8.60. The molecule has 3 aromatic rings. The fraction of sp³-hybridized carbons (Fsp3) is 0.200. The second kappa shape index (κ2) is 11.8. The van der Waals surface area contributed by atoms with Crippen LogP contribution in [-0.2, 0) is 9.53 Å². The molecular weight excluding hydrogens is 438 g/mol. The summed E-state index contributed by atoms with van der Waals surface area (Å²) in [5.74, 6) is -0.484. The predicted molar refractivity (Wildman–Crippen MR) is 130 cm³/mol. The number of rotatable bonds is 9. The fourth-order valence-corrected chi connectivity index (χ4v) is 3.71. The second-order valence-electron chi connectivity index (χ2n) is 7.15. The van der Waals surface area contributed by atoms with E-state index in [2.05, 4.69) is 15.6 Å². The highest BCUT2D eigenvalue weighted by Gasteiger charge is 2.23. The predicted octanol–water partition coefficient (Wildman–Crippen LogP) is 4.03. The summed E-state index contributed by atoms with van der Waals surface area (Å²) in [5.41, 5.74) is 2.78. The third-order valence-electron chi connectivity index (χ3n) is 4.93. The Morgan fingerprint density at radius 3 is 2.48 bits per heavy atom. The number of ether oxygens (including phenoxy) is 1. The summed E-state index contributed by atoms with van der Waals surface area (Å²) < 4.78 is 4.85. The molecule has 1 heterocycles. The highest BCUT2D eigenvalue weighted by molar-refractivity contribution is 7.98. The molecule has 0 fully saturated rings. The topological polar surface area (TPSA) is 97.4 Å². The number of pyridine rings is 1. The molecular formula is C25H25N3O4S. The monoisotopic (exact) mass is 463 g/mol. The molecule has 0 bridgehead atoms. The zero-order valence-corrected chi connectivity index (χ0v) is 19.2. The van der Waals surface area contributed by atoms with Crippen molar-refractivity contribution in [3.8, 4) is 11.1 Å². The molecule has 170 valence electrons. The molecule has 2 amide bonds. The van der Waals surface area contributed by atoms with E-state index in [-0.39, 0.29) is 5.91 Å². The Balaban J connectivity index is 1.91. The Bertz CT molecular complexity index is 1110. The Labute approximate surface area is 197 Å². The molecule has 7 nitrogen and oxygen atoms in total. The molecule has 2 N–H and O–H groups in total. The number of methoxy groups -OCH3 is 1. The minimum Gasteiger partial charge on any atom is -0.467 e. The quantitative estimate of drug-likeness (QED) is 0.465. The maximum atomic E-state index is 13.2. The standard InChI is InChI=1S/C25H25N3O4S/c1-32-25(31)22(12-14-33-2)28-24(30)20-11-10-19(15-21(20)17-7-4-3-5-8-17)27-23(29)18-9-6-13-26-16-18/h3-11,13,15-16,22H,12,14H2,1-2H3,(H,27,29)(H,28,30). The van der Waals surface area contributed by atoms with Crippen LogP contribution in [0.25, 0.3) is 11.1 Å². The van der Waals surface area contributed by atoms with Gasteiger partial charge in [0.1, 0.15) is 6.04 Å². The lowest BCUT2D eigenvalue weighted by Gasteiger charge is -2.18. The average Bonchev–Trinajstić information content (AvgIpc) is 2.86. The van der Waals surface area contributed by atoms with Gasteiger partial charge in [0.15, 0.2) is 0 Å². The number of nitrogens with zero attached hydrogens (tertiary/aromatic N) is 1. The summed E-state index contributed by atoms with van der Waals surface area (Å²) in [6.07, 6.45) is 5.47. The van der Waals surface area contributed by atoms with Gasteiger partial charge in [0, 0.05) is 23.6 Å². The number of carbonyl (C=O) groups is 3. The Hall–Kier alpha value is -3.65. The van der Waals surface area contributed by atoms with Crippen LogP contribution in [0.4, 0.5) is 5.69 Å². The average molecular weight is 464 g/mol. The van der Waals surface area contributed by atoms with Crippen LogP contribution in [0.5, 0.6) is 0 Å². The first-order valence-corrected chi connectivity index (χ1v) is 11.7. The number of anilines is 1. The van der Waals surface area contributed by atoms with Crippen molar-refractivity contribution < 1.29 is 19.1 Å². The second-order valence-corrected chi connectivity index (χ2v) is 8.14. The van der Waals surface area contributed by atoms with Crippen LogP contribution in [0.15, 0.2) is 73.1 Å². The number of carbonyl (C=O) groups excluding carboxylic acids is 3. The van der Waals surface area contributed by atoms with Gasteiger partial charge in [0.25, 0.3) is 11.8 Å². The van der Waals surface area contributed by atoms with E-state index in [0.717, 1.165) is 5.56 Å². The van der Waals surface area contributed by atoms with E-state index in [1.54, 1.807) is 48.3 Å². The van der Waals surface area contributed by atoms with Crippen LogP contribution >= 0.6 is 11.8 Å². The SMILES string of the molecule is COC(=O)C(CCSC)NC(=O)c1ccc(NC(=O)c2cccnc2)cc1-c1ccccc1. The molecule has 0 aliphatic rings. The van der Waals surface area contributed by atoms with Gasteiger partial charge in [-0.3, -0.25) is 14.6 Å². The molecule has 1 atom stereocenters. The lowest BCUT2D eigenvalue weighted by Crippen LogP contribution is -2.42. The van der Waals surface area contributed by atoms with Crippen LogP contribution in [-0.4, -0.2) is 47.9 Å². The summed E-state index contributed by atoms with van der Waals surface area (Å²) in [4.78, 5) is 41.8. The van der Waals surface area contributed by atoms with Gasteiger partial charge in [-0.1, -0.05) is 30.3 Å². The molecule has 0 aliphatic heterocycles. The summed E-state index contributed by atoms with van der Waals surface area (Å²) in [6.45, 7) is 0. The zero-order chi connectivity index (χ0) is 23.6. The van der Waals surface area contributed by atoms with Gasteiger partial charge in [0.2, 0.25) is 0 Å². The third-order valence-corrected chi connectivity index (χ3v) is 5.58. The van der Waals surface area contributed by atoms with Crippen LogP contribution in [0.3, 0.4) is 0 Å². The fourth-order valence-electron chi connectivity index (χ4n) is 3.24. The van der Waals surface area contributed by atoms with Crippen molar-refractivity contribution >= 4 is 35.2 Å². The van der Waals surface area contributed by atoms with Crippen molar-refractivity contribution in [3.05, 3.63) is 84.2 Å². The van der Waals surface area contributed by atoms with Gasteiger partial charge >= 0.3 is 5.97 Å². The smallest absolute Gasteiger partial charge is 0.328 e. The Morgan fingerprint density at radius 1 is 1.03 bits per heavy atom. The molecule has 0 spiro atoms. The summed E-state index contributed by atoms with van der Waals surface area (Å²) in [7, 11) is 1.30.